The number of nitrogens with zero attached hydrogens (tertiary/aromatic N) is 1. The lowest BCUT2D eigenvalue weighted by atomic mass is 10.3. The maximum Gasteiger partial charge on any atom is 0.308 e. The van der Waals surface area contributed by atoms with Crippen LogP contribution in [0.15, 0.2) is 40.5 Å². The molecule has 0 aliphatic carbocycles. The van der Waals surface area contributed by atoms with Gasteiger partial charge < -0.3 is 9.52 Å². The van der Waals surface area contributed by atoms with Crippen LogP contribution in [0.5, 0.6) is 0 Å². The van der Waals surface area contributed by atoms with E-state index < -0.39 is 5.97 Å². The molecule has 0 saturated heterocycles. The van der Waals surface area contributed by atoms with Gasteiger partial charge in [-0.15, -0.1) is 22.7 Å². The summed E-state index contributed by atoms with van der Waals surface area (Å²) >= 11 is 3.01. The minimum absolute atomic E-state index is 0.0589. The third kappa shape index (κ3) is 2.59. The number of hydrogen-bond donors (Lipinski definition) is 1. The van der Waals surface area contributed by atoms with Gasteiger partial charge in [0, 0.05) is 15.8 Å². The Labute approximate surface area is 117 Å². The van der Waals surface area contributed by atoms with E-state index in [1.165, 1.54) is 11.3 Å². The highest BCUT2D eigenvalue weighted by Gasteiger charge is 2.11. The summed E-state index contributed by atoms with van der Waals surface area (Å²) in [5.41, 5.74) is 1.83. The second-order valence-corrected chi connectivity index (χ2v) is 5.91. The maximum atomic E-state index is 10.7. The van der Waals surface area contributed by atoms with Gasteiger partial charge in [0.2, 0.25) is 0 Å². The summed E-state index contributed by atoms with van der Waals surface area (Å²) in [6, 6.07) is 5.62. The Balaban J connectivity index is 1.86. The van der Waals surface area contributed by atoms with Gasteiger partial charge in [-0.1, -0.05) is 0 Å². The second kappa shape index (κ2) is 4.99. The smallest absolute Gasteiger partial charge is 0.308 e. The molecule has 0 bridgehead atoms. The first-order valence-electron chi connectivity index (χ1n) is 5.51. The van der Waals surface area contributed by atoms with E-state index in [2.05, 4.69) is 4.98 Å². The average molecular weight is 291 g/mol. The van der Waals surface area contributed by atoms with Gasteiger partial charge in [-0.05, 0) is 18.2 Å². The summed E-state index contributed by atoms with van der Waals surface area (Å²) in [7, 11) is 0. The van der Waals surface area contributed by atoms with E-state index >= 15 is 0 Å². The predicted octanol–water partition coefficient (Wildman–Crippen LogP) is 3.76. The summed E-state index contributed by atoms with van der Waals surface area (Å²) in [6.07, 6.45) is 3.34. The van der Waals surface area contributed by atoms with E-state index in [0.29, 0.717) is 0 Å². The van der Waals surface area contributed by atoms with Gasteiger partial charge in [-0.2, -0.15) is 0 Å². The van der Waals surface area contributed by atoms with Gasteiger partial charge in [0.05, 0.1) is 23.3 Å². The lowest BCUT2D eigenvalue weighted by Gasteiger charge is -1.90. The van der Waals surface area contributed by atoms with Crippen molar-refractivity contribution in [3.63, 3.8) is 0 Å². The molecular formula is C13H9NO3S2. The number of hydrogen-bond acceptors (Lipinski definition) is 5. The van der Waals surface area contributed by atoms with Crippen LogP contribution in [0.4, 0.5) is 0 Å². The Morgan fingerprint density at radius 2 is 2.26 bits per heavy atom. The average Bonchev–Trinajstić information content (AvgIpc) is 3.09. The van der Waals surface area contributed by atoms with Crippen LogP contribution in [0.2, 0.25) is 0 Å². The molecule has 1 N–H and O–H groups in total. The lowest BCUT2D eigenvalue weighted by Crippen LogP contribution is -1.96. The van der Waals surface area contributed by atoms with Gasteiger partial charge >= 0.3 is 5.97 Å². The minimum atomic E-state index is -0.814. The molecule has 0 aliphatic rings. The van der Waals surface area contributed by atoms with Crippen molar-refractivity contribution in [2.24, 2.45) is 0 Å². The summed E-state index contributed by atoms with van der Waals surface area (Å²) in [4.78, 5) is 17.0. The number of aromatic nitrogens is 1. The number of carbonyl (C=O) groups is 1. The first-order valence-corrected chi connectivity index (χ1v) is 7.21. The molecule has 0 fully saturated rings. The van der Waals surface area contributed by atoms with E-state index in [1.54, 1.807) is 23.9 Å². The van der Waals surface area contributed by atoms with Crippen molar-refractivity contribution in [1.29, 1.82) is 0 Å². The molecule has 96 valence electrons. The van der Waals surface area contributed by atoms with E-state index in [1.807, 2.05) is 23.6 Å². The van der Waals surface area contributed by atoms with Crippen molar-refractivity contribution in [2.45, 2.75) is 6.42 Å². The highest BCUT2D eigenvalue weighted by molar-refractivity contribution is 7.16. The first kappa shape index (κ1) is 12.1. The van der Waals surface area contributed by atoms with Gasteiger partial charge in [0.1, 0.15) is 11.3 Å². The molecule has 0 unspecified atom stereocenters. The van der Waals surface area contributed by atoms with E-state index in [4.69, 9.17) is 9.52 Å². The molecule has 19 heavy (non-hydrogen) atoms. The van der Waals surface area contributed by atoms with E-state index in [-0.39, 0.29) is 6.42 Å². The Kier molecular flexibility index (Phi) is 3.18. The standard InChI is InChI=1S/C13H9NO3S2/c15-12(16)5-9-1-2-11(19-9)10-7-18-13(14-10)8-3-4-17-6-8/h1-4,6-7H,5H2,(H,15,16). The Hall–Kier alpha value is -1.92. The molecule has 3 rings (SSSR count). The van der Waals surface area contributed by atoms with Gasteiger partial charge in [-0.3, -0.25) is 4.79 Å². The number of furan rings is 1. The molecule has 6 heteroatoms. The normalized spacial score (nSPS) is 10.7. The van der Waals surface area contributed by atoms with Crippen LogP contribution in [0.25, 0.3) is 21.1 Å². The van der Waals surface area contributed by atoms with Crippen LogP contribution in [-0.4, -0.2) is 16.1 Å². The van der Waals surface area contributed by atoms with Gasteiger partial charge in [-0.25, -0.2) is 4.98 Å². The molecule has 3 aromatic heterocycles. The molecule has 4 nitrogen and oxygen atoms in total. The zero-order valence-electron chi connectivity index (χ0n) is 9.70. The van der Waals surface area contributed by atoms with Crippen LogP contribution in [0.3, 0.4) is 0 Å². The van der Waals surface area contributed by atoms with Crippen LogP contribution >= 0.6 is 22.7 Å². The zero-order valence-corrected chi connectivity index (χ0v) is 11.3. The minimum Gasteiger partial charge on any atom is -0.481 e. The van der Waals surface area contributed by atoms with E-state index in [0.717, 1.165) is 26.0 Å². The van der Waals surface area contributed by atoms with Gasteiger partial charge in [0.25, 0.3) is 0 Å². The second-order valence-electron chi connectivity index (χ2n) is 3.89. The maximum absolute atomic E-state index is 10.7. The van der Waals surface area contributed by atoms with Crippen molar-refractivity contribution in [3.05, 3.63) is 41.0 Å². The number of carboxylic acids is 1. The van der Waals surface area contributed by atoms with E-state index in [9.17, 15) is 4.79 Å². The molecule has 0 aromatic carbocycles. The van der Waals surface area contributed by atoms with Gasteiger partial charge in [0.15, 0.2) is 0 Å². The predicted molar refractivity (Wildman–Crippen MR) is 74.5 cm³/mol. The lowest BCUT2D eigenvalue weighted by molar-refractivity contribution is -0.136. The number of thiophene rings is 1. The Morgan fingerprint density at radius 1 is 1.37 bits per heavy atom. The zero-order chi connectivity index (χ0) is 13.2. The summed E-state index contributed by atoms with van der Waals surface area (Å²) in [5, 5.41) is 11.6. The Morgan fingerprint density at radius 3 is 3.00 bits per heavy atom. The molecule has 3 heterocycles. The van der Waals surface area contributed by atoms with Crippen molar-refractivity contribution in [2.75, 3.05) is 0 Å². The number of thiazole rings is 1. The van der Waals surface area contributed by atoms with Crippen molar-refractivity contribution in [1.82, 2.24) is 4.98 Å². The Bertz CT molecular complexity index is 697. The van der Waals surface area contributed by atoms with Crippen molar-refractivity contribution < 1.29 is 14.3 Å². The summed E-state index contributed by atoms with van der Waals surface area (Å²) in [6.45, 7) is 0. The fraction of sp³-hybridized carbons (Fsp3) is 0.0769. The first-order chi connectivity index (χ1) is 9.22. The largest absolute Gasteiger partial charge is 0.481 e. The summed E-state index contributed by atoms with van der Waals surface area (Å²) < 4.78 is 5.04. The summed E-state index contributed by atoms with van der Waals surface area (Å²) in [5.74, 6) is -0.814. The number of carboxylic acid groups (broad SMARTS) is 1. The third-order valence-corrected chi connectivity index (χ3v) is 4.51. The SMILES string of the molecule is O=C(O)Cc1ccc(-c2csc(-c3ccoc3)n2)s1. The fourth-order valence-corrected chi connectivity index (χ4v) is 3.51. The van der Waals surface area contributed by atoms with Crippen LogP contribution in [-0.2, 0) is 11.2 Å². The van der Waals surface area contributed by atoms with Crippen LogP contribution in [0, 0.1) is 0 Å². The van der Waals surface area contributed by atoms with Crippen LogP contribution < -0.4 is 0 Å². The van der Waals surface area contributed by atoms with Crippen LogP contribution in [0.1, 0.15) is 4.88 Å². The van der Waals surface area contributed by atoms with Crippen molar-refractivity contribution >= 4 is 28.6 Å². The molecule has 3 aromatic rings. The third-order valence-electron chi connectivity index (χ3n) is 2.51. The monoisotopic (exact) mass is 291 g/mol. The number of rotatable bonds is 4. The fourth-order valence-electron chi connectivity index (χ4n) is 1.67. The molecule has 0 amide bonds. The highest BCUT2D eigenvalue weighted by Crippen LogP contribution is 2.32. The van der Waals surface area contributed by atoms with Crippen molar-refractivity contribution in [3.8, 4) is 21.1 Å². The molecule has 0 aliphatic heterocycles. The molecule has 0 atom stereocenters. The molecule has 0 saturated carbocycles. The topological polar surface area (TPSA) is 63.3 Å². The quantitative estimate of drug-likeness (QED) is 0.795. The highest BCUT2D eigenvalue weighted by atomic mass is 32.1. The number of aliphatic carboxylic acids is 1. The molecular weight excluding hydrogens is 282 g/mol. The molecule has 0 spiro atoms. The molecule has 0 radical (unpaired) electrons.